The second kappa shape index (κ2) is 9.32. The summed E-state index contributed by atoms with van der Waals surface area (Å²) in [7, 11) is 1.54. The van der Waals surface area contributed by atoms with Gasteiger partial charge in [-0.15, -0.1) is 0 Å². The van der Waals surface area contributed by atoms with Gasteiger partial charge in [0, 0.05) is 13.6 Å². The predicted molar refractivity (Wildman–Crippen MR) is 130 cm³/mol. The molecule has 0 aliphatic carbocycles. The molecule has 2 N–H and O–H groups in total. The molecule has 1 heterocycles. The van der Waals surface area contributed by atoms with Crippen molar-refractivity contribution < 1.29 is 14.4 Å². The Morgan fingerprint density at radius 2 is 1.91 bits per heavy atom. The summed E-state index contributed by atoms with van der Waals surface area (Å²) in [5.74, 6) is -0.578. The van der Waals surface area contributed by atoms with Gasteiger partial charge in [0.2, 0.25) is 12.3 Å². The van der Waals surface area contributed by atoms with E-state index >= 15 is 0 Å². The first-order chi connectivity index (χ1) is 15.9. The summed E-state index contributed by atoms with van der Waals surface area (Å²) in [6, 6.07) is 18.5. The maximum absolute atomic E-state index is 13.7. The molecule has 1 aliphatic heterocycles. The van der Waals surface area contributed by atoms with Crippen LogP contribution < -0.4 is 15.5 Å². The molecule has 33 heavy (non-hydrogen) atoms. The molecule has 0 spiro atoms. The van der Waals surface area contributed by atoms with Crippen molar-refractivity contribution in [1.82, 2.24) is 10.2 Å². The van der Waals surface area contributed by atoms with Crippen molar-refractivity contribution in [3.8, 4) is 0 Å². The molecular weight excluding hydrogens is 416 g/mol. The Balaban J connectivity index is 1.71. The number of anilines is 2. The van der Waals surface area contributed by atoms with E-state index in [2.05, 4.69) is 34.9 Å². The topological polar surface area (TPSA) is 81.8 Å². The summed E-state index contributed by atoms with van der Waals surface area (Å²) in [4.78, 5) is 40.5. The van der Waals surface area contributed by atoms with Crippen LogP contribution in [0.1, 0.15) is 18.1 Å². The van der Waals surface area contributed by atoms with Crippen LogP contribution in [0.4, 0.5) is 11.4 Å². The van der Waals surface area contributed by atoms with Crippen molar-refractivity contribution >= 4 is 40.4 Å². The van der Waals surface area contributed by atoms with Gasteiger partial charge in [0.25, 0.3) is 5.91 Å². The van der Waals surface area contributed by atoms with Crippen molar-refractivity contribution in [2.24, 2.45) is 0 Å². The minimum Gasteiger partial charge on any atom is -0.381 e. The summed E-state index contributed by atoms with van der Waals surface area (Å²) in [5, 5.41) is 8.35. The minimum atomic E-state index is -0.775. The summed E-state index contributed by atoms with van der Waals surface area (Å²) < 4.78 is 0. The number of benzene rings is 3. The lowest BCUT2D eigenvalue weighted by atomic mass is 9.99. The molecule has 4 rings (SSSR count). The number of carbonyl (C=O) groups excluding carboxylic acids is 3. The van der Waals surface area contributed by atoms with Crippen LogP contribution in [0.5, 0.6) is 0 Å². The number of carbonyl (C=O) groups is 3. The summed E-state index contributed by atoms with van der Waals surface area (Å²) in [6.07, 6.45) is 0.600. The molecule has 3 amide bonds. The molecule has 0 fully saturated rings. The van der Waals surface area contributed by atoms with Crippen molar-refractivity contribution in [3.05, 3.63) is 71.8 Å². The highest BCUT2D eigenvalue weighted by atomic mass is 16.2. The number of aryl methyl sites for hydroxylation is 1. The smallest absolute Gasteiger partial charge is 0.251 e. The average Bonchev–Trinajstić information content (AvgIpc) is 2.96. The number of likely N-dealkylation sites (N-methyl/N-ethyl adjacent to an activating group) is 1. The van der Waals surface area contributed by atoms with E-state index in [-0.39, 0.29) is 18.4 Å². The van der Waals surface area contributed by atoms with Gasteiger partial charge in [-0.05, 0) is 47.9 Å². The molecule has 3 aromatic carbocycles. The maximum atomic E-state index is 13.7. The Bertz CT molecular complexity index is 1210. The minimum absolute atomic E-state index is 0.200. The van der Waals surface area contributed by atoms with Gasteiger partial charge in [-0.2, -0.15) is 0 Å². The number of para-hydroxylation sites is 2. The first-order valence-corrected chi connectivity index (χ1v) is 11.0. The summed E-state index contributed by atoms with van der Waals surface area (Å²) in [6.45, 7) is 4.31. The van der Waals surface area contributed by atoms with Crippen LogP contribution in [0.15, 0.2) is 60.7 Å². The van der Waals surface area contributed by atoms with Gasteiger partial charge >= 0.3 is 0 Å². The molecule has 0 radical (unpaired) electrons. The summed E-state index contributed by atoms with van der Waals surface area (Å²) in [5.41, 5.74) is 3.76. The Hall–Kier alpha value is -3.87. The highest BCUT2D eigenvalue weighted by molar-refractivity contribution is 6.04. The Morgan fingerprint density at radius 1 is 1.18 bits per heavy atom. The largest absolute Gasteiger partial charge is 0.381 e. The lowest BCUT2D eigenvalue weighted by Crippen LogP contribution is -2.54. The van der Waals surface area contributed by atoms with Crippen molar-refractivity contribution in [2.75, 3.05) is 23.8 Å². The number of nitrogens with zero attached hydrogens (tertiary/aromatic N) is 2. The quantitative estimate of drug-likeness (QED) is 0.573. The molecule has 170 valence electrons. The van der Waals surface area contributed by atoms with Gasteiger partial charge in [0.15, 0.2) is 0 Å². The fraction of sp³-hybridized carbons (Fsp3) is 0.269. The van der Waals surface area contributed by atoms with E-state index in [1.54, 1.807) is 11.8 Å². The number of nitrogens with one attached hydrogen (secondary N) is 2. The van der Waals surface area contributed by atoms with Gasteiger partial charge in [0.05, 0.1) is 17.9 Å². The first kappa shape index (κ1) is 22.3. The zero-order chi connectivity index (χ0) is 23.5. The Kier molecular flexibility index (Phi) is 6.31. The average molecular weight is 445 g/mol. The van der Waals surface area contributed by atoms with Crippen LogP contribution in [-0.2, 0) is 20.9 Å². The second-order valence-electron chi connectivity index (χ2n) is 8.41. The third-order valence-corrected chi connectivity index (χ3v) is 6.32. The monoisotopic (exact) mass is 444 g/mol. The first-order valence-electron chi connectivity index (χ1n) is 11.0. The molecule has 2 atom stereocenters. The van der Waals surface area contributed by atoms with Crippen LogP contribution in [-0.4, -0.2) is 48.8 Å². The molecular formula is C26H28N4O3. The highest BCUT2D eigenvalue weighted by Gasteiger charge is 2.33. The predicted octanol–water partition coefficient (Wildman–Crippen LogP) is 3.07. The van der Waals surface area contributed by atoms with Gasteiger partial charge in [0.1, 0.15) is 12.1 Å². The Morgan fingerprint density at radius 3 is 2.70 bits per heavy atom. The number of rotatable bonds is 6. The van der Waals surface area contributed by atoms with Crippen LogP contribution in [0.2, 0.25) is 0 Å². The Labute approximate surface area is 193 Å². The molecule has 3 aromatic rings. The maximum Gasteiger partial charge on any atom is 0.251 e. The zero-order valence-corrected chi connectivity index (χ0v) is 19.0. The van der Waals surface area contributed by atoms with Crippen molar-refractivity contribution in [2.45, 2.75) is 32.5 Å². The number of fused-ring (bicyclic) bond motifs is 2. The molecule has 7 heteroatoms. The van der Waals surface area contributed by atoms with E-state index in [0.717, 1.165) is 33.3 Å². The molecule has 0 saturated carbocycles. The van der Waals surface area contributed by atoms with E-state index < -0.39 is 12.1 Å². The molecule has 1 aliphatic rings. The van der Waals surface area contributed by atoms with Crippen molar-refractivity contribution in [1.29, 1.82) is 0 Å². The molecule has 7 nitrogen and oxygen atoms in total. The van der Waals surface area contributed by atoms with E-state index in [1.165, 1.54) is 11.9 Å². The van der Waals surface area contributed by atoms with Crippen LogP contribution in [0.3, 0.4) is 0 Å². The summed E-state index contributed by atoms with van der Waals surface area (Å²) >= 11 is 0. The van der Waals surface area contributed by atoms with Crippen molar-refractivity contribution in [3.63, 3.8) is 0 Å². The molecule has 0 bridgehead atoms. The fourth-order valence-electron chi connectivity index (χ4n) is 4.12. The van der Waals surface area contributed by atoms with Gasteiger partial charge in [-0.25, -0.2) is 0 Å². The third kappa shape index (κ3) is 4.39. The highest BCUT2D eigenvalue weighted by Crippen LogP contribution is 2.32. The van der Waals surface area contributed by atoms with E-state index in [0.29, 0.717) is 13.0 Å². The van der Waals surface area contributed by atoms with Crippen LogP contribution in [0.25, 0.3) is 10.8 Å². The SMILES string of the molecule is Cc1ccc2ccccc2c1CN1C(=O)C(NC(=O)[C@H](C)N(C)C=O)CNc2ccccc21. The van der Waals surface area contributed by atoms with E-state index in [1.807, 2.05) is 43.3 Å². The van der Waals surface area contributed by atoms with Crippen LogP contribution in [0, 0.1) is 6.92 Å². The number of amides is 3. The standard InChI is InChI=1S/C26H28N4O3/c1-17-12-13-19-8-4-5-9-20(19)21(17)15-30-24-11-7-6-10-22(24)27-14-23(26(30)33)28-25(32)18(2)29(3)16-31/h4-13,16,18,23,27H,14-15H2,1-3H3,(H,28,32)/t18-,23?/m0/s1. The number of hydrogen-bond donors (Lipinski definition) is 2. The molecule has 0 saturated heterocycles. The lowest BCUT2D eigenvalue weighted by molar-refractivity contribution is -0.133. The van der Waals surface area contributed by atoms with E-state index in [9.17, 15) is 14.4 Å². The fourth-order valence-corrected chi connectivity index (χ4v) is 4.12. The van der Waals surface area contributed by atoms with Gasteiger partial charge in [-0.3, -0.25) is 14.4 Å². The second-order valence-corrected chi connectivity index (χ2v) is 8.41. The number of hydrogen-bond acceptors (Lipinski definition) is 4. The normalized spacial score (nSPS) is 16.4. The molecule has 1 unspecified atom stereocenters. The molecule has 0 aromatic heterocycles. The van der Waals surface area contributed by atoms with Gasteiger partial charge < -0.3 is 20.4 Å². The third-order valence-electron chi connectivity index (χ3n) is 6.32. The van der Waals surface area contributed by atoms with E-state index in [4.69, 9.17) is 0 Å². The zero-order valence-electron chi connectivity index (χ0n) is 19.0. The van der Waals surface area contributed by atoms with Crippen LogP contribution >= 0.6 is 0 Å². The lowest BCUT2D eigenvalue weighted by Gasteiger charge is -2.28. The van der Waals surface area contributed by atoms with Gasteiger partial charge in [-0.1, -0.05) is 48.5 Å².